The van der Waals surface area contributed by atoms with E-state index in [1.165, 1.54) is 0 Å². The Morgan fingerprint density at radius 2 is 1.70 bits per heavy atom. The lowest BCUT2D eigenvalue weighted by molar-refractivity contribution is -0.116. The zero-order chi connectivity index (χ0) is 19.8. The van der Waals surface area contributed by atoms with Crippen LogP contribution in [0.5, 0.6) is 0 Å². The highest BCUT2D eigenvalue weighted by atomic mass is 16.2. The molecule has 27 heavy (non-hydrogen) atoms. The zero-order valence-corrected chi connectivity index (χ0v) is 16.6. The molecule has 4 nitrogen and oxygen atoms in total. The van der Waals surface area contributed by atoms with Gasteiger partial charge in [-0.2, -0.15) is 0 Å². The third kappa shape index (κ3) is 3.80. The van der Waals surface area contributed by atoms with Gasteiger partial charge in [0.05, 0.1) is 0 Å². The van der Waals surface area contributed by atoms with E-state index >= 15 is 0 Å². The third-order valence-electron chi connectivity index (χ3n) is 4.91. The monoisotopic (exact) mass is 362 g/mol. The summed E-state index contributed by atoms with van der Waals surface area (Å²) < 4.78 is 1.86. The number of para-hydroxylation sites is 1. The molecular formula is C23H26N2O2. The quantitative estimate of drug-likeness (QED) is 0.655. The second kappa shape index (κ2) is 7.03. The fourth-order valence-corrected chi connectivity index (χ4v) is 3.19. The number of amides is 1. The molecule has 1 aromatic heterocycles. The minimum atomic E-state index is -0.476. The van der Waals surface area contributed by atoms with Crippen molar-refractivity contribution in [3.63, 3.8) is 0 Å². The van der Waals surface area contributed by atoms with Crippen LogP contribution in [0.15, 0.2) is 48.7 Å². The van der Waals surface area contributed by atoms with Crippen LogP contribution in [0.25, 0.3) is 10.9 Å². The van der Waals surface area contributed by atoms with Crippen LogP contribution in [0.4, 0.5) is 5.69 Å². The summed E-state index contributed by atoms with van der Waals surface area (Å²) in [6.45, 7) is 9.91. The zero-order valence-electron chi connectivity index (χ0n) is 16.6. The van der Waals surface area contributed by atoms with Gasteiger partial charge >= 0.3 is 0 Å². The molecule has 0 saturated carbocycles. The van der Waals surface area contributed by atoms with Gasteiger partial charge in [-0.3, -0.25) is 9.59 Å². The third-order valence-corrected chi connectivity index (χ3v) is 4.91. The van der Waals surface area contributed by atoms with Gasteiger partial charge in [-0.25, -0.2) is 0 Å². The first-order chi connectivity index (χ1) is 12.7. The SMILES string of the molecule is Cc1cccc(NC(=O)Cn2cc(C(=O)C(C)(C)C)c3ccccc32)c1C. The van der Waals surface area contributed by atoms with Gasteiger partial charge in [-0.1, -0.05) is 51.1 Å². The van der Waals surface area contributed by atoms with Crippen molar-refractivity contribution >= 4 is 28.3 Å². The van der Waals surface area contributed by atoms with Crippen LogP contribution < -0.4 is 5.32 Å². The molecule has 1 N–H and O–H groups in total. The van der Waals surface area contributed by atoms with Gasteiger partial charge in [0.1, 0.15) is 6.54 Å². The van der Waals surface area contributed by atoms with Gasteiger partial charge in [-0.05, 0) is 37.1 Å². The molecular weight excluding hydrogens is 336 g/mol. The number of hydrogen-bond donors (Lipinski definition) is 1. The van der Waals surface area contributed by atoms with Crippen molar-refractivity contribution in [1.29, 1.82) is 0 Å². The van der Waals surface area contributed by atoms with Crippen molar-refractivity contribution in [3.05, 3.63) is 65.4 Å². The number of anilines is 1. The highest BCUT2D eigenvalue weighted by Gasteiger charge is 2.26. The van der Waals surface area contributed by atoms with Gasteiger partial charge < -0.3 is 9.88 Å². The van der Waals surface area contributed by atoms with Gasteiger partial charge in [0, 0.05) is 33.8 Å². The number of aryl methyl sites for hydroxylation is 1. The molecule has 0 spiro atoms. The number of benzene rings is 2. The topological polar surface area (TPSA) is 51.1 Å². The Labute approximate surface area is 160 Å². The van der Waals surface area contributed by atoms with Crippen LogP contribution in [0, 0.1) is 19.3 Å². The number of rotatable bonds is 4. The van der Waals surface area contributed by atoms with Crippen LogP contribution in [0.1, 0.15) is 42.3 Å². The lowest BCUT2D eigenvalue weighted by Gasteiger charge is -2.15. The summed E-state index contributed by atoms with van der Waals surface area (Å²) >= 11 is 0. The van der Waals surface area contributed by atoms with E-state index in [0.717, 1.165) is 27.7 Å². The lowest BCUT2D eigenvalue weighted by atomic mass is 9.86. The van der Waals surface area contributed by atoms with Gasteiger partial charge in [0.15, 0.2) is 5.78 Å². The molecule has 3 rings (SSSR count). The second-order valence-corrected chi connectivity index (χ2v) is 8.06. The van der Waals surface area contributed by atoms with E-state index in [2.05, 4.69) is 5.32 Å². The fraction of sp³-hybridized carbons (Fsp3) is 0.304. The normalized spacial score (nSPS) is 11.6. The molecule has 1 heterocycles. The number of ketones is 1. The Morgan fingerprint density at radius 1 is 1.00 bits per heavy atom. The Balaban J connectivity index is 1.92. The molecule has 1 amide bonds. The summed E-state index contributed by atoms with van der Waals surface area (Å²) in [4.78, 5) is 25.5. The summed E-state index contributed by atoms with van der Waals surface area (Å²) in [5.41, 5.74) is 4.10. The van der Waals surface area contributed by atoms with Gasteiger partial charge in [-0.15, -0.1) is 0 Å². The molecule has 0 aliphatic rings. The number of Topliss-reactive ketones (excluding diaryl/α,β-unsaturated/α-hetero) is 1. The van der Waals surface area contributed by atoms with E-state index in [0.29, 0.717) is 5.56 Å². The minimum Gasteiger partial charge on any atom is -0.337 e. The summed E-state index contributed by atoms with van der Waals surface area (Å²) in [5, 5.41) is 3.87. The van der Waals surface area contributed by atoms with Crippen LogP contribution in [0.2, 0.25) is 0 Å². The average molecular weight is 362 g/mol. The molecule has 0 radical (unpaired) electrons. The van der Waals surface area contributed by atoms with Crippen molar-refractivity contribution in [3.8, 4) is 0 Å². The number of aromatic nitrogens is 1. The molecule has 2 aromatic carbocycles. The summed E-state index contributed by atoms with van der Waals surface area (Å²) in [5.74, 6) is -0.0356. The number of carbonyl (C=O) groups is 2. The lowest BCUT2D eigenvalue weighted by Crippen LogP contribution is -2.20. The molecule has 0 saturated heterocycles. The molecule has 0 fully saturated rings. The Kier molecular flexibility index (Phi) is 4.92. The predicted octanol–water partition coefficient (Wildman–Crippen LogP) is 5.13. The first-order valence-electron chi connectivity index (χ1n) is 9.17. The van der Waals surface area contributed by atoms with Crippen LogP contribution in [0.3, 0.4) is 0 Å². The summed E-state index contributed by atoms with van der Waals surface area (Å²) in [6, 6.07) is 13.6. The number of fused-ring (bicyclic) bond motifs is 1. The first kappa shape index (κ1) is 18.9. The molecule has 4 heteroatoms. The van der Waals surface area contributed by atoms with E-state index in [4.69, 9.17) is 0 Å². The van der Waals surface area contributed by atoms with E-state index in [1.54, 1.807) is 6.20 Å². The fourth-order valence-electron chi connectivity index (χ4n) is 3.19. The maximum Gasteiger partial charge on any atom is 0.244 e. The molecule has 0 bridgehead atoms. The van der Waals surface area contributed by atoms with Crippen LogP contribution in [-0.2, 0) is 11.3 Å². The minimum absolute atomic E-state index is 0.0763. The Hall–Kier alpha value is -2.88. The Morgan fingerprint density at radius 3 is 2.41 bits per heavy atom. The molecule has 0 aliphatic carbocycles. The standard InChI is InChI=1S/C23H26N2O2/c1-15-9-8-11-19(16(15)2)24-21(26)14-25-13-18(22(27)23(3,4)5)17-10-6-7-12-20(17)25/h6-13H,14H2,1-5H3,(H,24,26). The summed E-state index contributed by atoms with van der Waals surface area (Å²) in [7, 11) is 0. The number of hydrogen-bond acceptors (Lipinski definition) is 2. The highest BCUT2D eigenvalue weighted by Crippen LogP contribution is 2.28. The van der Waals surface area contributed by atoms with Crippen molar-refractivity contribution in [2.45, 2.75) is 41.2 Å². The van der Waals surface area contributed by atoms with Crippen molar-refractivity contribution in [1.82, 2.24) is 4.57 Å². The molecule has 0 atom stereocenters. The van der Waals surface area contributed by atoms with Gasteiger partial charge in [0.2, 0.25) is 5.91 Å². The summed E-state index contributed by atoms with van der Waals surface area (Å²) in [6.07, 6.45) is 1.81. The average Bonchev–Trinajstić information content (AvgIpc) is 2.96. The second-order valence-electron chi connectivity index (χ2n) is 8.06. The maximum absolute atomic E-state index is 12.8. The highest BCUT2D eigenvalue weighted by molar-refractivity contribution is 6.10. The van der Waals surface area contributed by atoms with Crippen LogP contribution in [-0.4, -0.2) is 16.3 Å². The van der Waals surface area contributed by atoms with E-state index in [-0.39, 0.29) is 18.2 Å². The van der Waals surface area contributed by atoms with Crippen molar-refractivity contribution < 1.29 is 9.59 Å². The van der Waals surface area contributed by atoms with Crippen LogP contribution >= 0.6 is 0 Å². The molecule has 0 aliphatic heterocycles. The molecule has 3 aromatic rings. The predicted molar refractivity (Wildman–Crippen MR) is 110 cm³/mol. The van der Waals surface area contributed by atoms with E-state index in [1.807, 2.05) is 81.7 Å². The van der Waals surface area contributed by atoms with E-state index in [9.17, 15) is 9.59 Å². The van der Waals surface area contributed by atoms with Crippen molar-refractivity contribution in [2.75, 3.05) is 5.32 Å². The largest absolute Gasteiger partial charge is 0.337 e. The molecule has 140 valence electrons. The maximum atomic E-state index is 12.8. The smallest absolute Gasteiger partial charge is 0.244 e. The van der Waals surface area contributed by atoms with Gasteiger partial charge in [0.25, 0.3) is 0 Å². The number of nitrogens with one attached hydrogen (secondary N) is 1. The number of carbonyl (C=O) groups excluding carboxylic acids is 2. The molecule has 0 unspecified atom stereocenters. The van der Waals surface area contributed by atoms with Crippen molar-refractivity contribution in [2.24, 2.45) is 5.41 Å². The van der Waals surface area contributed by atoms with E-state index < -0.39 is 5.41 Å². The number of nitrogens with zero attached hydrogens (tertiary/aromatic N) is 1. The Bertz CT molecular complexity index is 1020. The first-order valence-corrected chi connectivity index (χ1v) is 9.17.